The van der Waals surface area contributed by atoms with Crippen molar-refractivity contribution in [2.24, 2.45) is 0 Å². The van der Waals surface area contributed by atoms with E-state index in [-0.39, 0.29) is 12.5 Å². The molecular weight excluding hydrogens is 410 g/mol. The normalized spacial score (nSPS) is 10.4. The molecule has 0 saturated carbocycles. The first-order valence-electron chi connectivity index (χ1n) is 9.77. The summed E-state index contributed by atoms with van der Waals surface area (Å²) in [6.45, 7) is -0.229. The first-order chi connectivity index (χ1) is 15.6. The largest absolute Gasteiger partial charge is 0.493 e. The lowest BCUT2D eigenvalue weighted by Gasteiger charge is -2.14. The van der Waals surface area contributed by atoms with Crippen molar-refractivity contribution in [3.8, 4) is 23.0 Å². The van der Waals surface area contributed by atoms with Crippen molar-refractivity contribution in [2.75, 3.05) is 26.1 Å². The molecule has 7 nitrogen and oxygen atoms in total. The van der Waals surface area contributed by atoms with E-state index in [1.54, 1.807) is 42.5 Å². The molecule has 3 aromatic rings. The minimum absolute atomic E-state index is 0.229. The second kappa shape index (κ2) is 11.2. The predicted octanol–water partition coefficient (Wildman–Crippen LogP) is 4.69. The highest BCUT2D eigenvalue weighted by Crippen LogP contribution is 2.30. The Labute approximate surface area is 186 Å². The number of para-hydroxylation sites is 3. The Morgan fingerprint density at radius 3 is 2.38 bits per heavy atom. The van der Waals surface area contributed by atoms with Crippen LogP contribution in [0.15, 0.2) is 78.9 Å². The topological polar surface area (TPSA) is 83.1 Å². The molecule has 1 N–H and O–H groups in total. The van der Waals surface area contributed by atoms with Crippen LogP contribution in [0.25, 0.3) is 6.08 Å². The Morgan fingerprint density at radius 2 is 1.62 bits per heavy atom. The van der Waals surface area contributed by atoms with Crippen molar-refractivity contribution in [1.29, 1.82) is 0 Å². The van der Waals surface area contributed by atoms with Crippen LogP contribution in [0.4, 0.5) is 5.69 Å². The van der Waals surface area contributed by atoms with Crippen molar-refractivity contribution in [1.82, 2.24) is 0 Å². The third-order valence-electron chi connectivity index (χ3n) is 4.29. The van der Waals surface area contributed by atoms with Crippen LogP contribution < -0.4 is 19.5 Å². The molecule has 3 aromatic carbocycles. The molecule has 0 saturated heterocycles. The van der Waals surface area contributed by atoms with Crippen molar-refractivity contribution < 1.29 is 28.5 Å². The van der Waals surface area contributed by atoms with Gasteiger partial charge in [0.05, 0.1) is 19.9 Å². The molecule has 32 heavy (non-hydrogen) atoms. The highest BCUT2D eigenvalue weighted by molar-refractivity contribution is 5.93. The Bertz CT molecular complexity index is 1090. The summed E-state index contributed by atoms with van der Waals surface area (Å²) in [4.78, 5) is 23.7. The molecular formula is C25H23NO6. The van der Waals surface area contributed by atoms with Crippen molar-refractivity contribution >= 4 is 23.6 Å². The van der Waals surface area contributed by atoms with Gasteiger partial charge in [-0.05, 0) is 48.0 Å². The van der Waals surface area contributed by atoms with Crippen LogP contribution in [-0.2, 0) is 14.3 Å². The van der Waals surface area contributed by atoms with Crippen LogP contribution in [0.2, 0.25) is 0 Å². The summed E-state index contributed by atoms with van der Waals surface area (Å²) in [5, 5.41) is 2.80. The molecule has 0 aliphatic carbocycles. The van der Waals surface area contributed by atoms with Gasteiger partial charge in [0.15, 0.2) is 23.9 Å². The number of hydrogen-bond acceptors (Lipinski definition) is 6. The van der Waals surface area contributed by atoms with E-state index >= 15 is 0 Å². The van der Waals surface area contributed by atoms with Crippen LogP contribution in [0.1, 0.15) is 5.56 Å². The van der Waals surface area contributed by atoms with E-state index < -0.39 is 5.97 Å². The van der Waals surface area contributed by atoms with Gasteiger partial charge in [-0.15, -0.1) is 0 Å². The van der Waals surface area contributed by atoms with Gasteiger partial charge in [-0.1, -0.05) is 36.4 Å². The second-order valence-corrected chi connectivity index (χ2v) is 6.51. The number of rotatable bonds is 9. The summed E-state index contributed by atoms with van der Waals surface area (Å²) in [7, 11) is 2.80. The van der Waals surface area contributed by atoms with Gasteiger partial charge >= 0.3 is 5.97 Å². The maximum atomic E-state index is 12.5. The van der Waals surface area contributed by atoms with E-state index in [9.17, 15) is 9.59 Å². The number of carbonyl (C=O) groups is 2. The lowest BCUT2D eigenvalue weighted by molar-refractivity contribution is -0.134. The average Bonchev–Trinajstić information content (AvgIpc) is 2.83. The zero-order chi connectivity index (χ0) is 22.8. The molecule has 1 amide bonds. The number of hydrogen-bond donors (Lipinski definition) is 1. The first-order valence-corrected chi connectivity index (χ1v) is 9.77. The Hall–Kier alpha value is -4.26. The summed E-state index contributed by atoms with van der Waals surface area (Å²) in [5.74, 6) is 1.19. The zero-order valence-electron chi connectivity index (χ0n) is 17.7. The SMILES string of the molecule is COC(=O)/C=C/c1ccc(OCC(=O)Nc2ccccc2Oc2ccccc2)c(OC)c1. The van der Waals surface area contributed by atoms with E-state index in [2.05, 4.69) is 10.1 Å². The summed E-state index contributed by atoms with van der Waals surface area (Å²) < 4.78 is 21.4. The number of methoxy groups -OCH3 is 2. The summed E-state index contributed by atoms with van der Waals surface area (Å²) in [5.41, 5.74) is 1.25. The fourth-order valence-corrected chi connectivity index (χ4v) is 2.74. The number of carbonyl (C=O) groups excluding carboxylic acids is 2. The molecule has 0 heterocycles. The quantitative estimate of drug-likeness (QED) is 0.389. The number of ether oxygens (including phenoxy) is 4. The maximum Gasteiger partial charge on any atom is 0.330 e. The molecule has 0 radical (unpaired) electrons. The highest BCUT2D eigenvalue weighted by atomic mass is 16.5. The predicted molar refractivity (Wildman–Crippen MR) is 121 cm³/mol. The van der Waals surface area contributed by atoms with Gasteiger partial charge in [0.2, 0.25) is 0 Å². The van der Waals surface area contributed by atoms with Crippen molar-refractivity contribution in [3.05, 3.63) is 84.4 Å². The standard InChI is InChI=1S/C25H23NO6/c1-29-23-16-18(13-15-25(28)30-2)12-14-22(23)31-17-24(27)26-20-10-6-7-11-21(20)32-19-8-4-3-5-9-19/h3-16H,17H2,1-2H3,(H,26,27)/b15-13+. The average molecular weight is 433 g/mol. The molecule has 0 bridgehead atoms. The molecule has 0 spiro atoms. The van der Waals surface area contributed by atoms with Gasteiger partial charge in [-0.2, -0.15) is 0 Å². The van der Waals surface area contributed by atoms with Crippen molar-refractivity contribution in [2.45, 2.75) is 0 Å². The Kier molecular flexibility index (Phi) is 7.86. The Balaban J connectivity index is 1.63. The van der Waals surface area contributed by atoms with Gasteiger partial charge in [-0.3, -0.25) is 4.79 Å². The maximum absolute atomic E-state index is 12.5. The fraction of sp³-hybridized carbons (Fsp3) is 0.120. The summed E-state index contributed by atoms with van der Waals surface area (Å²) >= 11 is 0. The number of anilines is 1. The van der Waals surface area contributed by atoms with Crippen LogP contribution in [0.5, 0.6) is 23.0 Å². The summed E-state index contributed by atoms with van der Waals surface area (Å²) in [6, 6.07) is 21.5. The van der Waals surface area contributed by atoms with E-state index in [1.807, 2.05) is 36.4 Å². The van der Waals surface area contributed by atoms with Gasteiger partial charge in [0, 0.05) is 6.08 Å². The minimum Gasteiger partial charge on any atom is -0.493 e. The molecule has 0 unspecified atom stereocenters. The molecule has 0 atom stereocenters. The fourth-order valence-electron chi connectivity index (χ4n) is 2.74. The van der Waals surface area contributed by atoms with Crippen LogP contribution in [-0.4, -0.2) is 32.7 Å². The summed E-state index contributed by atoms with van der Waals surface area (Å²) in [6.07, 6.45) is 2.90. The molecule has 0 aliphatic heterocycles. The molecule has 164 valence electrons. The zero-order valence-corrected chi connectivity index (χ0v) is 17.7. The number of esters is 1. The van der Waals surface area contributed by atoms with E-state index in [0.29, 0.717) is 28.7 Å². The molecule has 0 fully saturated rings. The molecule has 0 aromatic heterocycles. The lowest BCUT2D eigenvalue weighted by Crippen LogP contribution is -2.20. The number of nitrogens with one attached hydrogen (secondary N) is 1. The second-order valence-electron chi connectivity index (χ2n) is 6.51. The van der Waals surface area contributed by atoms with Crippen LogP contribution in [0.3, 0.4) is 0 Å². The minimum atomic E-state index is -0.461. The van der Waals surface area contributed by atoms with Crippen molar-refractivity contribution in [3.63, 3.8) is 0 Å². The van der Waals surface area contributed by atoms with Gasteiger partial charge in [0.1, 0.15) is 5.75 Å². The Morgan fingerprint density at radius 1 is 0.875 bits per heavy atom. The van der Waals surface area contributed by atoms with Gasteiger partial charge in [-0.25, -0.2) is 4.79 Å². The molecule has 3 rings (SSSR count). The van der Waals surface area contributed by atoms with Crippen LogP contribution >= 0.6 is 0 Å². The number of benzene rings is 3. The highest BCUT2D eigenvalue weighted by Gasteiger charge is 2.11. The third kappa shape index (κ3) is 6.37. The van der Waals surface area contributed by atoms with E-state index in [0.717, 1.165) is 5.56 Å². The molecule has 0 aliphatic rings. The third-order valence-corrected chi connectivity index (χ3v) is 4.29. The molecule has 7 heteroatoms. The van der Waals surface area contributed by atoms with E-state index in [1.165, 1.54) is 20.3 Å². The van der Waals surface area contributed by atoms with Crippen LogP contribution in [0, 0.1) is 0 Å². The number of amides is 1. The lowest BCUT2D eigenvalue weighted by atomic mass is 10.2. The van der Waals surface area contributed by atoms with E-state index in [4.69, 9.17) is 14.2 Å². The van der Waals surface area contributed by atoms with Gasteiger partial charge < -0.3 is 24.3 Å². The monoisotopic (exact) mass is 433 g/mol. The van der Waals surface area contributed by atoms with Gasteiger partial charge in [0.25, 0.3) is 5.91 Å². The first kappa shape index (κ1) is 22.4. The smallest absolute Gasteiger partial charge is 0.330 e.